The molecule has 0 saturated heterocycles. The normalized spacial score (nSPS) is 11.5. The van der Waals surface area contributed by atoms with Crippen LogP contribution in [0.1, 0.15) is 52.4 Å². The number of amides is 2. The number of anilines is 1. The van der Waals surface area contributed by atoms with Crippen molar-refractivity contribution in [3.8, 4) is 5.75 Å². The molecule has 0 radical (unpaired) electrons. The van der Waals surface area contributed by atoms with Gasteiger partial charge in [0.05, 0.1) is 5.69 Å². The maximum atomic E-state index is 11.8. The van der Waals surface area contributed by atoms with Crippen molar-refractivity contribution in [2.24, 2.45) is 5.10 Å². The molecule has 0 aliphatic heterocycles. The first-order valence-corrected chi connectivity index (χ1v) is 8.55. The fourth-order valence-corrected chi connectivity index (χ4v) is 2.05. The highest BCUT2D eigenvalue weighted by Gasteiger charge is 2.05. The molecule has 136 valence electrons. The number of hydrogen-bond acceptors (Lipinski definition) is 4. The van der Waals surface area contributed by atoms with Crippen LogP contribution in [0.5, 0.6) is 5.75 Å². The fourth-order valence-electron chi connectivity index (χ4n) is 2.05. The Morgan fingerprint density at radius 2 is 1.72 bits per heavy atom. The quantitative estimate of drug-likeness (QED) is 0.261. The van der Waals surface area contributed by atoms with Gasteiger partial charge in [-0.2, -0.15) is 5.10 Å². The van der Waals surface area contributed by atoms with Gasteiger partial charge >= 0.3 is 0 Å². The first-order valence-electron chi connectivity index (χ1n) is 8.55. The van der Waals surface area contributed by atoms with Gasteiger partial charge in [-0.1, -0.05) is 31.1 Å². The first-order chi connectivity index (χ1) is 12.0. The minimum absolute atomic E-state index is 0.0640. The number of allylic oxidation sites excluding steroid dienone is 2. The van der Waals surface area contributed by atoms with Crippen molar-refractivity contribution >= 4 is 23.7 Å². The Hall–Kier alpha value is -2.63. The van der Waals surface area contributed by atoms with Crippen molar-refractivity contribution in [1.82, 2.24) is 5.43 Å². The zero-order valence-electron chi connectivity index (χ0n) is 14.9. The largest absolute Gasteiger partial charge is 0.506 e. The second kappa shape index (κ2) is 11.8. The lowest BCUT2D eigenvalue weighted by Crippen LogP contribution is -2.16. The first kappa shape index (κ1) is 20.4. The summed E-state index contributed by atoms with van der Waals surface area (Å²) in [4.78, 5) is 23.4. The molecular formula is C19H27N3O3. The molecule has 6 nitrogen and oxygen atoms in total. The topological polar surface area (TPSA) is 90.8 Å². The van der Waals surface area contributed by atoms with Gasteiger partial charge in [-0.25, -0.2) is 5.43 Å². The van der Waals surface area contributed by atoms with Gasteiger partial charge in [0.15, 0.2) is 0 Å². The molecule has 0 bridgehead atoms. The molecule has 3 N–H and O–H groups in total. The van der Waals surface area contributed by atoms with Crippen LogP contribution >= 0.6 is 0 Å². The molecule has 0 spiro atoms. The lowest BCUT2D eigenvalue weighted by Gasteiger charge is -2.06. The van der Waals surface area contributed by atoms with E-state index in [9.17, 15) is 14.7 Å². The summed E-state index contributed by atoms with van der Waals surface area (Å²) in [5.41, 5.74) is 3.91. The predicted molar refractivity (Wildman–Crippen MR) is 101 cm³/mol. The van der Waals surface area contributed by atoms with E-state index in [2.05, 4.69) is 15.8 Å². The van der Waals surface area contributed by atoms with E-state index >= 15 is 0 Å². The summed E-state index contributed by atoms with van der Waals surface area (Å²) in [7, 11) is 0. The Labute approximate surface area is 149 Å². The van der Waals surface area contributed by atoms with E-state index in [0.717, 1.165) is 31.3 Å². The Morgan fingerprint density at radius 1 is 1.08 bits per heavy atom. The lowest BCUT2D eigenvalue weighted by molar-refractivity contribution is -0.121. The number of hydrogen-bond donors (Lipinski definition) is 3. The Bertz CT molecular complexity index is 624. The van der Waals surface area contributed by atoms with Crippen LogP contribution in [-0.2, 0) is 9.59 Å². The lowest BCUT2D eigenvalue weighted by atomic mass is 10.1. The summed E-state index contributed by atoms with van der Waals surface area (Å²) in [5.74, 6) is -0.153. The van der Waals surface area contributed by atoms with Crippen molar-refractivity contribution in [2.75, 3.05) is 5.32 Å². The molecule has 0 atom stereocenters. The third kappa shape index (κ3) is 9.30. The van der Waals surface area contributed by atoms with E-state index in [1.807, 2.05) is 19.9 Å². The highest BCUT2D eigenvalue weighted by atomic mass is 16.3. The number of phenols is 1. The van der Waals surface area contributed by atoms with Crippen molar-refractivity contribution in [3.63, 3.8) is 0 Å². The van der Waals surface area contributed by atoms with Crippen LogP contribution in [0.3, 0.4) is 0 Å². The zero-order chi connectivity index (χ0) is 18.5. The maximum Gasteiger partial charge on any atom is 0.240 e. The number of nitrogens with zero attached hydrogens (tertiary/aromatic N) is 1. The molecule has 1 aromatic rings. The van der Waals surface area contributed by atoms with Crippen LogP contribution in [0, 0.1) is 0 Å². The van der Waals surface area contributed by atoms with Gasteiger partial charge in [-0.15, -0.1) is 0 Å². The number of benzene rings is 1. The number of aromatic hydroxyl groups is 1. The number of carbonyl (C=O) groups excluding carboxylic acids is 2. The Morgan fingerprint density at radius 3 is 2.36 bits per heavy atom. The van der Waals surface area contributed by atoms with E-state index in [1.165, 1.54) is 6.07 Å². The molecule has 0 saturated carbocycles. The van der Waals surface area contributed by atoms with Gasteiger partial charge in [0, 0.05) is 19.1 Å². The molecule has 6 heteroatoms. The fraction of sp³-hybridized carbons (Fsp3) is 0.421. The van der Waals surface area contributed by atoms with Crippen molar-refractivity contribution < 1.29 is 14.7 Å². The second-order valence-corrected chi connectivity index (χ2v) is 5.81. The summed E-state index contributed by atoms with van der Waals surface area (Å²) in [6.07, 6.45) is 7.62. The molecule has 0 unspecified atom stereocenters. The van der Waals surface area contributed by atoms with E-state index < -0.39 is 0 Å². The van der Waals surface area contributed by atoms with Gasteiger partial charge < -0.3 is 10.4 Å². The molecule has 0 heterocycles. The van der Waals surface area contributed by atoms with Crippen molar-refractivity contribution in [3.05, 3.63) is 35.9 Å². The van der Waals surface area contributed by atoms with Gasteiger partial charge in [0.1, 0.15) is 5.75 Å². The van der Waals surface area contributed by atoms with Crippen LogP contribution in [0.4, 0.5) is 5.69 Å². The summed E-state index contributed by atoms with van der Waals surface area (Å²) in [6, 6.07) is 6.65. The van der Waals surface area contributed by atoms with Crippen LogP contribution < -0.4 is 10.7 Å². The van der Waals surface area contributed by atoms with E-state index in [4.69, 9.17) is 0 Å². The number of nitrogens with one attached hydrogen (secondary N) is 2. The number of rotatable bonds is 10. The zero-order valence-corrected chi connectivity index (χ0v) is 14.9. The third-order valence-corrected chi connectivity index (χ3v) is 3.65. The molecule has 1 aromatic carbocycles. The smallest absolute Gasteiger partial charge is 0.240 e. The summed E-state index contributed by atoms with van der Waals surface area (Å²) in [6.45, 7) is 3.82. The summed E-state index contributed by atoms with van der Waals surface area (Å²) in [5, 5.41) is 16.1. The number of carbonyl (C=O) groups is 2. The number of para-hydroxylation sites is 2. The minimum atomic E-state index is -0.118. The Kier molecular flexibility index (Phi) is 9.67. The van der Waals surface area contributed by atoms with Gasteiger partial charge in [-0.3, -0.25) is 9.59 Å². The van der Waals surface area contributed by atoms with Crippen LogP contribution in [0.2, 0.25) is 0 Å². The predicted octanol–water partition coefficient (Wildman–Crippen LogP) is 3.74. The van der Waals surface area contributed by atoms with Gasteiger partial charge in [-0.05, 0) is 44.4 Å². The molecule has 0 aliphatic rings. The molecule has 0 fully saturated rings. The van der Waals surface area contributed by atoms with Crippen molar-refractivity contribution in [2.45, 2.75) is 52.4 Å². The SMILES string of the molecule is C/C=C(C)\C=N\NC(=O)CCCCCCC(=O)Nc1ccccc1O. The second-order valence-electron chi connectivity index (χ2n) is 5.81. The molecule has 2 amide bonds. The summed E-state index contributed by atoms with van der Waals surface area (Å²) < 4.78 is 0. The average Bonchev–Trinajstić information content (AvgIpc) is 2.59. The number of hydrazone groups is 1. The Balaban J connectivity index is 2.08. The highest BCUT2D eigenvalue weighted by molar-refractivity contribution is 5.92. The van der Waals surface area contributed by atoms with Crippen LogP contribution in [0.25, 0.3) is 0 Å². The number of unbranched alkanes of at least 4 members (excludes halogenated alkanes) is 3. The monoisotopic (exact) mass is 345 g/mol. The van der Waals surface area contributed by atoms with E-state index in [0.29, 0.717) is 18.5 Å². The summed E-state index contributed by atoms with van der Waals surface area (Å²) >= 11 is 0. The van der Waals surface area contributed by atoms with Crippen LogP contribution in [-0.4, -0.2) is 23.1 Å². The molecular weight excluding hydrogens is 318 g/mol. The molecule has 0 aromatic heterocycles. The number of phenolic OH excluding ortho intramolecular Hbond substituents is 1. The van der Waals surface area contributed by atoms with E-state index in [1.54, 1.807) is 24.4 Å². The third-order valence-electron chi connectivity index (χ3n) is 3.65. The average molecular weight is 345 g/mol. The highest BCUT2D eigenvalue weighted by Crippen LogP contribution is 2.21. The van der Waals surface area contributed by atoms with Crippen LogP contribution in [0.15, 0.2) is 41.0 Å². The molecule has 1 rings (SSSR count). The molecule has 0 aliphatic carbocycles. The minimum Gasteiger partial charge on any atom is -0.506 e. The standard InChI is InChI=1S/C19H27N3O3/c1-3-15(2)14-20-22-19(25)13-7-5-4-6-12-18(24)21-16-10-8-9-11-17(16)23/h3,8-11,14,23H,4-7,12-13H2,1-2H3,(H,21,24)(H,22,25)/b15-3-,20-14+. The maximum absolute atomic E-state index is 11.8. The van der Waals surface area contributed by atoms with Gasteiger partial charge in [0.2, 0.25) is 11.8 Å². The molecule has 25 heavy (non-hydrogen) atoms. The van der Waals surface area contributed by atoms with Gasteiger partial charge in [0.25, 0.3) is 0 Å². The van der Waals surface area contributed by atoms with Crippen molar-refractivity contribution in [1.29, 1.82) is 0 Å². The van der Waals surface area contributed by atoms with E-state index in [-0.39, 0.29) is 17.6 Å².